The first-order valence-corrected chi connectivity index (χ1v) is 8.43. The standard InChI is InChI=1S/C18H20N2O6/c1-10-8-20(9-14(26-10)18(24)25)17(23)12-4-2-11(3-5-12)6-13-7-15(21)19-16(13)22/h2-5,10,13-14H,6-9H2,1H3,(H,24,25)(H,19,21,22)/t10-,13?,14?/m1/s1. The molecule has 138 valence electrons. The molecule has 0 saturated carbocycles. The first-order chi connectivity index (χ1) is 12.3. The number of hydrogen-bond acceptors (Lipinski definition) is 5. The number of aliphatic carboxylic acids is 1. The van der Waals surface area contributed by atoms with Crippen LogP contribution >= 0.6 is 0 Å². The van der Waals surface area contributed by atoms with E-state index >= 15 is 0 Å². The Morgan fingerprint density at radius 2 is 1.92 bits per heavy atom. The number of rotatable bonds is 4. The van der Waals surface area contributed by atoms with Crippen LogP contribution in [0.15, 0.2) is 24.3 Å². The minimum Gasteiger partial charge on any atom is -0.479 e. The molecule has 8 nitrogen and oxygen atoms in total. The third-order valence-electron chi connectivity index (χ3n) is 4.57. The quantitative estimate of drug-likeness (QED) is 0.742. The number of imide groups is 1. The average Bonchev–Trinajstić information content (AvgIpc) is 2.91. The highest BCUT2D eigenvalue weighted by atomic mass is 16.5. The van der Waals surface area contributed by atoms with E-state index in [0.717, 1.165) is 5.56 Å². The van der Waals surface area contributed by atoms with Crippen molar-refractivity contribution in [1.29, 1.82) is 0 Å². The summed E-state index contributed by atoms with van der Waals surface area (Å²) in [5.41, 5.74) is 1.30. The van der Waals surface area contributed by atoms with E-state index < -0.39 is 12.1 Å². The summed E-state index contributed by atoms with van der Waals surface area (Å²) in [5, 5.41) is 11.4. The fourth-order valence-electron chi connectivity index (χ4n) is 3.28. The number of nitrogens with one attached hydrogen (secondary N) is 1. The van der Waals surface area contributed by atoms with Gasteiger partial charge < -0.3 is 14.7 Å². The second-order valence-electron chi connectivity index (χ2n) is 6.70. The van der Waals surface area contributed by atoms with Gasteiger partial charge in [0.2, 0.25) is 11.8 Å². The van der Waals surface area contributed by atoms with Gasteiger partial charge in [0.25, 0.3) is 5.91 Å². The highest BCUT2D eigenvalue weighted by Crippen LogP contribution is 2.19. The van der Waals surface area contributed by atoms with Gasteiger partial charge in [-0.25, -0.2) is 4.79 Å². The van der Waals surface area contributed by atoms with Gasteiger partial charge in [-0.1, -0.05) is 12.1 Å². The molecular formula is C18H20N2O6. The Morgan fingerprint density at radius 1 is 1.23 bits per heavy atom. The predicted octanol–water partition coefficient (Wildman–Crippen LogP) is 0.206. The number of carbonyl (C=O) groups is 4. The van der Waals surface area contributed by atoms with Crippen LogP contribution in [0.2, 0.25) is 0 Å². The molecular weight excluding hydrogens is 340 g/mol. The summed E-state index contributed by atoms with van der Waals surface area (Å²) in [6.07, 6.45) is -0.768. The van der Waals surface area contributed by atoms with Crippen LogP contribution in [0.1, 0.15) is 29.3 Å². The van der Waals surface area contributed by atoms with Crippen LogP contribution in [-0.2, 0) is 25.5 Å². The molecule has 2 aliphatic rings. The van der Waals surface area contributed by atoms with Gasteiger partial charge in [-0.2, -0.15) is 0 Å². The normalized spacial score (nSPS) is 25.9. The van der Waals surface area contributed by atoms with Gasteiger partial charge in [0.1, 0.15) is 0 Å². The SMILES string of the molecule is C[C@@H]1CN(C(=O)c2ccc(CC3CC(=O)NC3=O)cc2)CC(C(=O)O)O1. The van der Waals surface area contributed by atoms with Crippen molar-refractivity contribution in [3.05, 3.63) is 35.4 Å². The molecule has 3 atom stereocenters. The highest BCUT2D eigenvalue weighted by molar-refractivity contribution is 6.03. The van der Waals surface area contributed by atoms with E-state index in [-0.39, 0.29) is 42.7 Å². The zero-order chi connectivity index (χ0) is 18.8. The highest BCUT2D eigenvalue weighted by Gasteiger charge is 2.33. The van der Waals surface area contributed by atoms with Crippen LogP contribution in [-0.4, -0.2) is 59.0 Å². The van der Waals surface area contributed by atoms with Crippen LogP contribution in [0.25, 0.3) is 0 Å². The second-order valence-corrected chi connectivity index (χ2v) is 6.70. The van der Waals surface area contributed by atoms with Crippen molar-refractivity contribution < 1.29 is 29.0 Å². The van der Waals surface area contributed by atoms with Crippen molar-refractivity contribution in [3.63, 3.8) is 0 Å². The molecule has 2 fully saturated rings. The van der Waals surface area contributed by atoms with Gasteiger partial charge in [0, 0.05) is 18.5 Å². The van der Waals surface area contributed by atoms with Crippen LogP contribution in [0.3, 0.4) is 0 Å². The summed E-state index contributed by atoms with van der Waals surface area (Å²) in [5.74, 6) is -2.25. The molecule has 0 radical (unpaired) electrons. The second kappa shape index (κ2) is 7.25. The molecule has 2 aliphatic heterocycles. The number of hydrogen-bond donors (Lipinski definition) is 2. The fourth-order valence-corrected chi connectivity index (χ4v) is 3.28. The number of carboxylic acid groups (broad SMARTS) is 1. The van der Waals surface area contributed by atoms with Crippen molar-refractivity contribution in [1.82, 2.24) is 10.2 Å². The molecule has 0 aromatic heterocycles. The lowest BCUT2D eigenvalue weighted by Gasteiger charge is -2.35. The summed E-state index contributed by atoms with van der Waals surface area (Å²) in [4.78, 5) is 48.1. The summed E-state index contributed by atoms with van der Waals surface area (Å²) in [7, 11) is 0. The van der Waals surface area contributed by atoms with Gasteiger partial charge in [-0.15, -0.1) is 0 Å². The molecule has 1 aromatic carbocycles. The van der Waals surface area contributed by atoms with Crippen molar-refractivity contribution >= 4 is 23.7 Å². The Hall–Kier alpha value is -2.74. The number of amides is 3. The molecule has 0 aliphatic carbocycles. The lowest BCUT2D eigenvalue weighted by Crippen LogP contribution is -2.51. The van der Waals surface area contributed by atoms with Crippen molar-refractivity contribution in [2.24, 2.45) is 5.92 Å². The maximum atomic E-state index is 12.6. The Labute approximate surface area is 150 Å². The van der Waals surface area contributed by atoms with Gasteiger partial charge in [0.05, 0.1) is 18.6 Å². The zero-order valence-corrected chi connectivity index (χ0v) is 14.3. The fraction of sp³-hybridized carbons (Fsp3) is 0.444. The topological polar surface area (TPSA) is 113 Å². The molecule has 2 unspecified atom stereocenters. The molecule has 2 N–H and O–H groups in total. The minimum atomic E-state index is -1.09. The summed E-state index contributed by atoms with van der Waals surface area (Å²) in [6.45, 7) is 2.06. The molecule has 0 spiro atoms. The van der Waals surface area contributed by atoms with Crippen molar-refractivity contribution in [2.45, 2.75) is 32.0 Å². The first kappa shape index (κ1) is 18.1. The lowest BCUT2D eigenvalue weighted by molar-refractivity contribution is -0.160. The summed E-state index contributed by atoms with van der Waals surface area (Å²) >= 11 is 0. The molecule has 0 bridgehead atoms. The smallest absolute Gasteiger partial charge is 0.334 e. The van der Waals surface area contributed by atoms with Gasteiger partial charge >= 0.3 is 5.97 Å². The number of ether oxygens (including phenoxy) is 1. The number of nitrogens with zero attached hydrogens (tertiary/aromatic N) is 1. The third-order valence-corrected chi connectivity index (χ3v) is 4.57. The monoisotopic (exact) mass is 360 g/mol. The molecule has 26 heavy (non-hydrogen) atoms. The van der Waals surface area contributed by atoms with Gasteiger partial charge in [-0.05, 0) is 31.0 Å². The maximum Gasteiger partial charge on any atom is 0.334 e. The van der Waals surface area contributed by atoms with Crippen LogP contribution in [0.4, 0.5) is 0 Å². The molecule has 2 saturated heterocycles. The van der Waals surface area contributed by atoms with Gasteiger partial charge in [-0.3, -0.25) is 19.7 Å². The van der Waals surface area contributed by atoms with E-state index in [1.54, 1.807) is 31.2 Å². The van der Waals surface area contributed by atoms with E-state index in [1.165, 1.54) is 4.90 Å². The first-order valence-electron chi connectivity index (χ1n) is 8.43. The van der Waals surface area contributed by atoms with Crippen LogP contribution in [0.5, 0.6) is 0 Å². The van der Waals surface area contributed by atoms with Gasteiger partial charge in [0.15, 0.2) is 6.10 Å². The Bertz CT molecular complexity index is 745. The maximum absolute atomic E-state index is 12.6. The number of morpholine rings is 1. The predicted molar refractivity (Wildman–Crippen MR) is 89.3 cm³/mol. The lowest BCUT2D eigenvalue weighted by atomic mass is 9.97. The van der Waals surface area contributed by atoms with Crippen molar-refractivity contribution in [3.8, 4) is 0 Å². The van der Waals surface area contributed by atoms with E-state index in [0.29, 0.717) is 18.5 Å². The Morgan fingerprint density at radius 3 is 2.50 bits per heavy atom. The molecule has 3 rings (SSSR count). The molecule has 3 amide bonds. The molecule has 8 heteroatoms. The van der Waals surface area contributed by atoms with Crippen LogP contribution < -0.4 is 5.32 Å². The Kier molecular flexibility index (Phi) is 5.03. The molecule has 2 heterocycles. The third kappa shape index (κ3) is 3.91. The summed E-state index contributed by atoms with van der Waals surface area (Å²) in [6, 6.07) is 6.81. The van der Waals surface area contributed by atoms with Crippen molar-refractivity contribution in [2.75, 3.05) is 13.1 Å². The summed E-state index contributed by atoms with van der Waals surface area (Å²) < 4.78 is 5.32. The minimum absolute atomic E-state index is 0.00458. The van der Waals surface area contributed by atoms with E-state index in [1.807, 2.05) is 0 Å². The van der Waals surface area contributed by atoms with E-state index in [4.69, 9.17) is 9.84 Å². The van der Waals surface area contributed by atoms with E-state index in [2.05, 4.69) is 5.32 Å². The number of carboxylic acids is 1. The number of benzene rings is 1. The Balaban J connectivity index is 1.66. The zero-order valence-electron chi connectivity index (χ0n) is 14.3. The average molecular weight is 360 g/mol. The van der Waals surface area contributed by atoms with Crippen LogP contribution in [0, 0.1) is 5.92 Å². The number of carbonyl (C=O) groups excluding carboxylic acids is 3. The van der Waals surface area contributed by atoms with E-state index in [9.17, 15) is 19.2 Å². The molecule has 1 aromatic rings. The largest absolute Gasteiger partial charge is 0.479 e.